The molecule has 0 aliphatic heterocycles. The molecule has 1 aliphatic rings. The van der Waals surface area contributed by atoms with Gasteiger partial charge < -0.3 is 10.8 Å². The Morgan fingerprint density at radius 3 is 2.57 bits per heavy atom. The fraction of sp³-hybridized carbons (Fsp3) is 0.571. The van der Waals surface area contributed by atoms with Crippen LogP contribution in [-0.2, 0) is 10.0 Å². The Bertz CT molecular complexity index is 625. The molecule has 7 heteroatoms. The molecule has 0 saturated heterocycles. The molecule has 118 valence electrons. The predicted octanol–water partition coefficient (Wildman–Crippen LogP) is 1.55. The molecule has 4 N–H and O–H groups in total. The van der Waals surface area contributed by atoms with Crippen molar-refractivity contribution in [2.24, 2.45) is 5.41 Å². The van der Waals surface area contributed by atoms with E-state index < -0.39 is 21.3 Å². The predicted molar refractivity (Wildman–Crippen MR) is 78.7 cm³/mol. The molecule has 0 spiro atoms. The average molecular weight is 316 g/mol. The monoisotopic (exact) mass is 316 g/mol. The van der Waals surface area contributed by atoms with Gasteiger partial charge in [-0.15, -0.1) is 0 Å². The molecule has 0 bridgehead atoms. The fourth-order valence-corrected chi connectivity index (χ4v) is 4.24. The van der Waals surface area contributed by atoms with E-state index in [1.54, 1.807) is 0 Å². The van der Waals surface area contributed by atoms with Gasteiger partial charge >= 0.3 is 0 Å². The second-order valence-electron chi connectivity index (χ2n) is 5.82. The molecular weight excluding hydrogens is 295 g/mol. The lowest BCUT2D eigenvalue weighted by molar-refractivity contribution is 0.134. The smallest absolute Gasteiger partial charge is 0.241 e. The molecule has 0 heterocycles. The second kappa shape index (κ2) is 5.90. The first-order valence-electron chi connectivity index (χ1n) is 6.96. The zero-order chi connectivity index (χ0) is 15.7. The van der Waals surface area contributed by atoms with E-state index in [0.29, 0.717) is 0 Å². The molecule has 0 amide bonds. The SMILES string of the molecule is Cc1c(F)cc(N)cc1S(=O)(=O)NCC1(CO)CCCC1. The largest absolute Gasteiger partial charge is 0.399 e. The quantitative estimate of drug-likeness (QED) is 0.719. The van der Waals surface area contributed by atoms with Crippen molar-refractivity contribution in [2.45, 2.75) is 37.5 Å². The molecule has 5 nitrogen and oxygen atoms in total. The minimum absolute atomic E-state index is 0.0428. The van der Waals surface area contributed by atoms with Crippen molar-refractivity contribution in [3.05, 3.63) is 23.5 Å². The molecule has 0 atom stereocenters. The van der Waals surface area contributed by atoms with Gasteiger partial charge in [0.1, 0.15) is 5.82 Å². The minimum Gasteiger partial charge on any atom is -0.399 e. The molecule has 21 heavy (non-hydrogen) atoms. The first kappa shape index (κ1) is 16.2. The summed E-state index contributed by atoms with van der Waals surface area (Å²) >= 11 is 0. The van der Waals surface area contributed by atoms with Crippen LogP contribution in [0.3, 0.4) is 0 Å². The summed E-state index contributed by atoms with van der Waals surface area (Å²) in [6, 6.07) is 2.35. The molecule has 0 unspecified atom stereocenters. The van der Waals surface area contributed by atoms with Gasteiger partial charge in [-0.2, -0.15) is 0 Å². The van der Waals surface area contributed by atoms with Gasteiger partial charge in [-0.1, -0.05) is 12.8 Å². The van der Waals surface area contributed by atoms with Gasteiger partial charge in [0.05, 0.1) is 4.90 Å². The van der Waals surface area contributed by atoms with E-state index in [1.807, 2.05) is 0 Å². The number of nitrogens with one attached hydrogen (secondary N) is 1. The fourth-order valence-electron chi connectivity index (χ4n) is 2.79. The summed E-state index contributed by atoms with van der Waals surface area (Å²) in [7, 11) is -3.85. The number of aliphatic hydroxyl groups is 1. The topological polar surface area (TPSA) is 92.4 Å². The van der Waals surface area contributed by atoms with Gasteiger partial charge in [0, 0.05) is 29.8 Å². The van der Waals surface area contributed by atoms with Crippen LogP contribution in [0.1, 0.15) is 31.2 Å². The normalized spacial score (nSPS) is 18.0. The van der Waals surface area contributed by atoms with E-state index in [0.717, 1.165) is 31.7 Å². The maximum Gasteiger partial charge on any atom is 0.241 e. The molecule has 1 fully saturated rings. The van der Waals surface area contributed by atoms with Crippen molar-refractivity contribution < 1.29 is 17.9 Å². The van der Waals surface area contributed by atoms with Crippen LogP contribution < -0.4 is 10.5 Å². The van der Waals surface area contributed by atoms with E-state index in [4.69, 9.17) is 5.73 Å². The maximum absolute atomic E-state index is 13.6. The number of nitrogen functional groups attached to an aromatic ring is 1. The number of rotatable bonds is 5. The lowest BCUT2D eigenvalue weighted by Crippen LogP contribution is -2.38. The molecular formula is C14H21FN2O3S. The second-order valence-corrected chi connectivity index (χ2v) is 7.55. The van der Waals surface area contributed by atoms with E-state index >= 15 is 0 Å². The number of anilines is 1. The highest BCUT2D eigenvalue weighted by Crippen LogP contribution is 2.37. The van der Waals surface area contributed by atoms with Crippen LogP contribution in [0.2, 0.25) is 0 Å². The third kappa shape index (κ3) is 3.36. The summed E-state index contributed by atoms with van der Waals surface area (Å²) in [5.74, 6) is -0.645. The summed E-state index contributed by atoms with van der Waals surface area (Å²) in [5, 5.41) is 9.51. The summed E-state index contributed by atoms with van der Waals surface area (Å²) in [6.45, 7) is 1.50. The van der Waals surface area contributed by atoms with Crippen molar-refractivity contribution in [1.82, 2.24) is 4.72 Å². The van der Waals surface area contributed by atoms with Crippen molar-refractivity contribution in [1.29, 1.82) is 0 Å². The number of nitrogens with two attached hydrogens (primary N) is 1. The first-order valence-corrected chi connectivity index (χ1v) is 8.44. The van der Waals surface area contributed by atoms with Crippen molar-refractivity contribution in [2.75, 3.05) is 18.9 Å². The highest BCUT2D eigenvalue weighted by atomic mass is 32.2. The Morgan fingerprint density at radius 1 is 1.38 bits per heavy atom. The van der Waals surface area contributed by atoms with Crippen molar-refractivity contribution in [3.63, 3.8) is 0 Å². The lowest BCUT2D eigenvalue weighted by Gasteiger charge is -2.26. The van der Waals surface area contributed by atoms with E-state index in [9.17, 15) is 17.9 Å². The Labute approximate surface area is 124 Å². The van der Waals surface area contributed by atoms with Crippen molar-refractivity contribution in [3.8, 4) is 0 Å². The zero-order valence-electron chi connectivity index (χ0n) is 12.0. The molecule has 1 aromatic rings. The van der Waals surface area contributed by atoms with Crippen molar-refractivity contribution >= 4 is 15.7 Å². The number of hydrogen-bond donors (Lipinski definition) is 3. The number of halogens is 1. The van der Waals surface area contributed by atoms with Crippen LogP contribution in [0, 0.1) is 18.2 Å². The van der Waals surface area contributed by atoms with Crippen LogP contribution in [0.15, 0.2) is 17.0 Å². The third-order valence-corrected chi connectivity index (χ3v) is 5.77. The van der Waals surface area contributed by atoms with Gasteiger partial charge in [0.25, 0.3) is 0 Å². The highest BCUT2D eigenvalue weighted by molar-refractivity contribution is 7.89. The number of benzene rings is 1. The van der Waals surface area contributed by atoms with Crippen LogP contribution >= 0.6 is 0 Å². The van der Waals surface area contributed by atoms with Crippen LogP contribution in [0.5, 0.6) is 0 Å². The zero-order valence-corrected chi connectivity index (χ0v) is 12.8. The van der Waals surface area contributed by atoms with Gasteiger partial charge in [-0.3, -0.25) is 0 Å². The van der Waals surface area contributed by atoms with E-state index in [1.165, 1.54) is 13.0 Å². The Morgan fingerprint density at radius 2 is 2.00 bits per heavy atom. The number of sulfonamides is 1. The summed E-state index contributed by atoms with van der Waals surface area (Å²) < 4.78 is 40.8. The van der Waals surface area contributed by atoms with Gasteiger partial charge in [-0.05, 0) is 31.9 Å². The van der Waals surface area contributed by atoms with E-state index in [2.05, 4.69) is 4.72 Å². The molecule has 2 rings (SSSR count). The number of aliphatic hydroxyl groups excluding tert-OH is 1. The summed E-state index contributed by atoms with van der Waals surface area (Å²) in [5.41, 5.74) is 5.23. The minimum atomic E-state index is -3.85. The first-order chi connectivity index (χ1) is 9.80. The number of hydrogen-bond acceptors (Lipinski definition) is 4. The summed E-state index contributed by atoms with van der Waals surface area (Å²) in [6.07, 6.45) is 3.54. The summed E-state index contributed by atoms with van der Waals surface area (Å²) in [4.78, 5) is -0.147. The maximum atomic E-state index is 13.6. The molecule has 0 radical (unpaired) electrons. The van der Waals surface area contributed by atoms with Crippen LogP contribution in [-0.4, -0.2) is 26.7 Å². The standard InChI is InChI=1S/C14H21FN2O3S/c1-10-12(15)6-11(16)7-13(10)21(19,20)17-8-14(9-18)4-2-3-5-14/h6-7,17-18H,2-5,8-9,16H2,1H3. The average Bonchev–Trinajstić information content (AvgIpc) is 2.90. The van der Waals surface area contributed by atoms with Crippen LogP contribution in [0.4, 0.5) is 10.1 Å². The lowest BCUT2D eigenvalue weighted by atomic mass is 9.88. The molecule has 1 aliphatic carbocycles. The van der Waals surface area contributed by atoms with Crippen LogP contribution in [0.25, 0.3) is 0 Å². The highest BCUT2D eigenvalue weighted by Gasteiger charge is 2.34. The Kier molecular flexibility index (Phi) is 4.55. The van der Waals surface area contributed by atoms with Gasteiger partial charge in [-0.25, -0.2) is 17.5 Å². The Balaban J connectivity index is 2.23. The van der Waals surface area contributed by atoms with Gasteiger partial charge in [0.2, 0.25) is 10.0 Å². The Hall–Kier alpha value is -1.18. The third-order valence-electron chi connectivity index (χ3n) is 4.25. The molecule has 0 aromatic heterocycles. The molecule has 1 saturated carbocycles. The van der Waals surface area contributed by atoms with Gasteiger partial charge in [0.15, 0.2) is 0 Å². The molecule has 1 aromatic carbocycles. The van der Waals surface area contributed by atoms with E-state index in [-0.39, 0.29) is 29.3 Å².